The third kappa shape index (κ3) is 3.96. The van der Waals surface area contributed by atoms with E-state index in [1.165, 1.54) is 0 Å². The van der Waals surface area contributed by atoms with Gasteiger partial charge in [-0.1, -0.05) is 25.4 Å². The van der Waals surface area contributed by atoms with Crippen LogP contribution in [0, 0.1) is 5.92 Å². The summed E-state index contributed by atoms with van der Waals surface area (Å²) in [5.41, 5.74) is 0. The van der Waals surface area contributed by atoms with Gasteiger partial charge in [-0.3, -0.25) is 0 Å². The van der Waals surface area contributed by atoms with E-state index in [9.17, 15) is 0 Å². The van der Waals surface area contributed by atoms with Gasteiger partial charge in [-0.05, 0) is 12.8 Å². The first-order valence-electron chi connectivity index (χ1n) is 5.04. The molecule has 0 aliphatic rings. The average molecular weight is 230 g/mol. The number of rotatable bonds is 5. The summed E-state index contributed by atoms with van der Waals surface area (Å²) in [6.07, 6.45) is 1.62. The van der Waals surface area contributed by atoms with Crippen molar-refractivity contribution < 1.29 is 9.47 Å². The molecule has 0 aromatic carbocycles. The lowest BCUT2D eigenvalue weighted by molar-refractivity contribution is 0.260. The first-order chi connectivity index (χ1) is 7.13. The zero-order valence-electron chi connectivity index (χ0n) is 9.29. The van der Waals surface area contributed by atoms with Crippen molar-refractivity contribution in [2.45, 2.75) is 20.8 Å². The molecule has 0 bridgehead atoms. The van der Waals surface area contributed by atoms with Crippen molar-refractivity contribution in [3.05, 3.63) is 17.3 Å². The van der Waals surface area contributed by atoms with E-state index in [0.29, 0.717) is 35.8 Å². The Morgan fingerprint density at radius 2 is 2.13 bits per heavy atom. The van der Waals surface area contributed by atoms with Crippen molar-refractivity contribution in [3.8, 4) is 11.6 Å². The maximum Gasteiger partial charge on any atom is 0.232 e. The largest absolute Gasteiger partial charge is 0.492 e. The predicted octanol–water partition coefficient (Wildman–Crippen LogP) is 3.17. The van der Waals surface area contributed by atoms with E-state index in [1.54, 1.807) is 12.3 Å². The predicted molar refractivity (Wildman–Crippen MR) is 60.7 cm³/mol. The van der Waals surface area contributed by atoms with E-state index in [4.69, 9.17) is 21.1 Å². The SMILES string of the molecule is CCOc1cnc(OCC(C)C)c(Cl)c1. The zero-order valence-corrected chi connectivity index (χ0v) is 10.0. The Hall–Kier alpha value is -0.960. The molecular formula is C11H16ClNO2. The molecule has 0 N–H and O–H groups in total. The van der Waals surface area contributed by atoms with Gasteiger partial charge in [-0.15, -0.1) is 0 Å². The summed E-state index contributed by atoms with van der Waals surface area (Å²) in [5.74, 6) is 1.59. The summed E-state index contributed by atoms with van der Waals surface area (Å²) in [6.45, 7) is 7.27. The van der Waals surface area contributed by atoms with Crippen LogP contribution in [0.5, 0.6) is 11.6 Å². The smallest absolute Gasteiger partial charge is 0.232 e. The van der Waals surface area contributed by atoms with Gasteiger partial charge in [-0.25, -0.2) is 4.98 Å². The number of halogens is 1. The first kappa shape index (κ1) is 12.1. The molecule has 1 heterocycles. The van der Waals surface area contributed by atoms with Gasteiger partial charge in [0.1, 0.15) is 10.8 Å². The van der Waals surface area contributed by atoms with Crippen molar-refractivity contribution in [1.82, 2.24) is 4.98 Å². The summed E-state index contributed by atoms with van der Waals surface area (Å²) in [6, 6.07) is 1.72. The fourth-order valence-electron chi connectivity index (χ4n) is 1.01. The molecule has 0 atom stereocenters. The molecule has 0 radical (unpaired) electrons. The highest BCUT2D eigenvalue weighted by molar-refractivity contribution is 6.31. The summed E-state index contributed by atoms with van der Waals surface area (Å²) in [4.78, 5) is 4.09. The Balaban J connectivity index is 2.66. The molecule has 0 saturated carbocycles. The second-order valence-corrected chi connectivity index (χ2v) is 4.00. The monoisotopic (exact) mass is 229 g/mol. The van der Waals surface area contributed by atoms with Gasteiger partial charge in [0.15, 0.2) is 0 Å². The molecule has 84 valence electrons. The molecule has 0 saturated heterocycles. The van der Waals surface area contributed by atoms with Crippen LogP contribution in [0.4, 0.5) is 0 Å². The van der Waals surface area contributed by atoms with Gasteiger partial charge >= 0.3 is 0 Å². The summed E-state index contributed by atoms with van der Waals surface area (Å²) in [7, 11) is 0. The van der Waals surface area contributed by atoms with Gasteiger partial charge in [0, 0.05) is 6.07 Å². The maximum absolute atomic E-state index is 5.98. The standard InChI is InChI=1S/C11H16ClNO2/c1-4-14-9-5-10(12)11(13-6-9)15-7-8(2)3/h5-6,8H,4,7H2,1-3H3. The van der Waals surface area contributed by atoms with Gasteiger partial charge in [0.2, 0.25) is 5.88 Å². The highest BCUT2D eigenvalue weighted by atomic mass is 35.5. The normalized spacial score (nSPS) is 10.5. The van der Waals surface area contributed by atoms with Crippen LogP contribution in [0.15, 0.2) is 12.3 Å². The van der Waals surface area contributed by atoms with Crippen LogP contribution in [0.25, 0.3) is 0 Å². The van der Waals surface area contributed by atoms with Crippen LogP contribution in [-0.2, 0) is 0 Å². The molecule has 1 aromatic rings. The lowest BCUT2D eigenvalue weighted by Gasteiger charge is -2.10. The van der Waals surface area contributed by atoms with Crippen molar-refractivity contribution in [1.29, 1.82) is 0 Å². The van der Waals surface area contributed by atoms with Crippen LogP contribution >= 0.6 is 11.6 Å². The van der Waals surface area contributed by atoms with Crippen LogP contribution in [0.1, 0.15) is 20.8 Å². The minimum absolute atomic E-state index is 0.453. The quantitative estimate of drug-likeness (QED) is 0.777. The second kappa shape index (κ2) is 5.81. The lowest BCUT2D eigenvalue weighted by atomic mass is 10.2. The van der Waals surface area contributed by atoms with Crippen LogP contribution in [0.2, 0.25) is 5.02 Å². The van der Waals surface area contributed by atoms with E-state index < -0.39 is 0 Å². The summed E-state index contributed by atoms with van der Waals surface area (Å²) in [5, 5.41) is 0.488. The number of ether oxygens (including phenoxy) is 2. The fourth-order valence-corrected chi connectivity index (χ4v) is 1.22. The number of aromatic nitrogens is 1. The molecule has 1 aromatic heterocycles. The molecule has 0 aliphatic heterocycles. The van der Waals surface area contributed by atoms with E-state index in [2.05, 4.69) is 18.8 Å². The van der Waals surface area contributed by atoms with E-state index >= 15 is 0 Å². The topological polar surface area (TPSA) is 31.4 Å². The molecule has 3 nitrogen and oxygen atoms in total. The summed E-state index contributed by atoms with van der Waals surface area (Å²) < 4.78 is 10.7. The second-order valence-electron chi connectivity index (χ2n) is 3.60. The van der Waals surface area contributed by atoms with Crippen molar-refractivity contribution in [2.24, 2.45) is 5.92 Å². The third-order valence-electron chi connectivity index (χ3n) is 1.65. The number of pyridine rings is 1. The highest BCUT2D eigenvalue weighted by Crippen LogP contribution is 2.26. The molecular weight excluding hydrogens is 214 g/mol. The molecule has 0 amide bonds. The Bertz CT molecular complexity index is 315. The molecule has 0 fully saturated rings. The van der Waals surface area contributed by atoms with Gasteiger partial charge in [0.05, 0.1) is 19.4 Å². The Morgan fingerprint density at radius 3 is 2.67 bits per heavy atom. The first-order valence-corrected chi connectivity index (χ1v) is 5.42. The minimum atomic E-state index is 0.453. The Labute approximate surface area is 95.4 Å². The molecule has 0 unspecified atom stereocenters. The number of hydrogen-bond acceptors (Lipinski definition) is 3. The van der Waals surface area contributed by atoms with E-state index in [-0.39, 0.29) is 0 Å². The van der Waals surface area contributed by atoms with Crippen LogP contribution in [-0.4, -0.2) is 18.2 Å². The molecule has 4 heteroatoms. The summed E-state index contributed by atoms with van der Waals surface area (Å²) >= 11 is 5.98. The molecule has 0 aliphatic carbocycles. The van der Waals surface area contributed by atoms with E-state index in [0.717, 1.165) is 0 Å². The maximum atomic E-state index is 5.98. The van der Waals surface area contributed by atoms with Crippen molar-refractivity contribution in [3.63, 3.8) is 0 Å². The molecule has 1 rings (SSSR count). The average Bonchev–Trinajstić information content (AvgIpc) is 2.17. The number of hydrogen-bond donors (Lipinski definition) is 0. The van der Waals surface area contributed by atoms with Gasteiger partial charge in [-0.2, -0.15) is 0 Å². The van der Waals surface area contributed by atoms with Gasteiger partial charge in [0.25, 0.3) is 0 Å². The zero-order chi connectivity index (χ0) is 11.3. The lowest BCUT2D eigenvalue weighted by Crippen LogP contribution is -2.06. The third-order valence-corrected chi connectivity index (χ3v) is 1.92. The van der Waals surface area contributed by atoms with Gasteiger partial charge < -0.3 is 9.47 Å². The molecule has 15 heavy (non-hydrogen) atoms. The van der Waals surface area contributed by atoms with Crippen molar-refractivity contribution >= 4 is 11.6 Å². The Morgan fingerprint density at radius 1 is 1.40 bits per heavy atom. The fraction of sp³-hybridized carbons (Fsp3) is 0.545. The number of nitrogens with zero attached hydrogens (tertiary/aromatic N) is 1. The Kier molecular flexibility index (Phi) is 4.69. The van der Waals surface area contributed by atoms with Crippen molar-refractivity contribution in [2.75, 3.05) is 13.2 Å². The minimum Gasteiger partial charge on any atom is -0.492 e. The van der Waals surface area contributed by atoms with Crippen LogP contribution < -0.4 is 9.47 Å². The molecule has 0 spiro atoms. The van der Waals surface area contributed by atoms with E-state index in [1.807, 2.05) is 6.92 Å². The highest BCUT2D eigenvalue weighted by Gasteiger charge is 2.06. The van der Waals surface area contributed by atoms with Crippen LogP contribution in [0.3, 0.4) is 0 Å².